The standard InChI is InChI=1S/C8H15F3N2O2S.ClH/c1-15-5-4-12-2-3-13-7(14)6-16-8(9,10)11;/h12H,2-6H2,1H3,(H,13,14);1H. The number of hydrogen-bond acceptors (Lipinski definition) is 4. The number of hydrogen-bond donors (Lipinski definition) is 2. The summed E-state index contributed by atoms with van der Waals surface area (Å²) in [6, 6.07) is 0. The predicted octanol–water partition coefficient (Wildman–Crippen LogP) is 1.01. The first-order valence-corrected chi connectivity index (χ1v) is 5.61. The summed E-state index contributed by atoms with van der Waals surface area (Å²) in [5, 5.41) is 5.31. The van der Waals surface area contributed by atoms with Crippen LogP contribution in [0.25, 0.3) is 0 Å². The van der Waals surface area contributed by atoms with E-state index < -0.39 is 17.2 Å². The summed E-state index contributed by atoms with van der Waals surface area (Å²) in [4.78, 5) is 10.9. The lowest BCUT2D eigenvalue weighted by molar-refractivity contribution is -0.118. The van der Waals surface area contributed by atoms with Crippen molar-refractivity contribution in [2.75, 3.05) is 39.1 Å². The van der Waals surface area contributed by atoms with Gasteiger partial charge in [-0.1, -0.05) is 0 Å². The van der Waals surface area contributed by atoms with E-state index in [0.29, 0.717) is 26.2 Å². The molecule has 9 heteroatoms. The molecule has 0 saturated heterocycles. The van der Waals surface area contributed by atoms with Gasteiger partial charge in [0.2, 0.25) is 5.91 Å². The van der Waals surface area contributed by atoms with E-state index in [9.17, 15) is 18.0 Å². The average Bonchev–Trinajstić information content (AvgIpc) is 2.19. The van der Waals surface area contributed by atoms with Crippen molar-refractivity contribution >= 4 is 30.1 Å². The van der Waals surface area contributed by atoms with Crippen LogP contribution < -0.4 is 10.6 Å². The zero-order valence-electron chi connectivity index (χ0n) is 9.30. The molecule has 0 fully saturated rings. The minimum atomic E-state index is -4.35. The topological polar surface area (TPSA) is 50.4 Å². The first-order valence-electron chi connectivity index (χ1n) is 4.63. The van der Waals surface area contributed by atoms with Gasteiger partial charge in [-0.05, 0) is 11.8 Å². The van der Waals surface area contributed by atoms with Crippen LogP contribution in [0.3, 0.4) is 0 Å². The van der Waals surface area contributed by atoms with E-state index in [1.807, 2.05) is 0 Å². The molecule has 0 heterocycles. The predicted molar refractivity (Wildman–Crippen MR) is 63.5 cm³/mol. The Bertz CT molecular complexity index is 208. The second-order valence-corrected chi connectivity index (χ2v) is 3.87. The number of ether oxygens (including phenoxy) is 1. The number of rotatable bonds is 8. The third-order valence-corrected chi connectivity index (χ3v) is 2.21. The zero-order valence-corrected chi connectivity index (χ0v) is 10.9. The molecule has 104 valence electrons. The second-order valence-electron chi connectivity index (χ2n) is 2.83. The number of alkyl halides is 3. The second kappa shape index (κ2) is 10.9. The smallest absolute Gasteiger partial charge is 0.383 e. The molecule has 0 aromatic heterocycles. The first-order chi connectivity index (χ1) is 7.45. The van der Waals surface area contributed by atoms with E-state index in [1.165, 1.54) is 0 Å². The van der Waals surface area contributed by atoms with E-state index in [4.69, 9.17) is 4.74 Å². The Morgan fingerprint density at radius 2 is 1.94 bits per heavy atom. The highest BCUT2D eigenvalue weighted by atomic mass is 35.5. The Kier molecular flexibility index (Phi) is 12.3. The van der Waals surface area contributed by atoms with Crippen molar-refractivity contribution in [3.05, 3.63) is 0 Å². The lowest BCUT2D eigenvalue weighted by Crippen LogP contribution is -2.34. The molecule has 1 amide bonds. The molecular weight excluding hydrogens is 281 g/mol. The van der Waals surface area contributed by atoms with Crippen molar-refractivity contribution in [3.8, 4) is 0 Å². The number of thioether (sulfide) groups is 1. The molecule has 0 spiro atoms. The molecule has 0 atom stereocenters. The van der Waals surface area contributed by atoms with Crippen molar-refractivity contribution in [2.45, 2.75) is 5.51 Å². The Labute approximate surface area is 108 Å². The Hall–Kier alpha value is -0.180. The number of methoxy groups -OCH3 is 1. The lowest BCUT2D eigenvalue weighted by atomic mass is 10.5. The fourth-order valence-corrected chi connectivity index (χ4v) is 1.18. The summed E-state index contributed by atoms with van der Waals surface area (Å²) in [6.45, 7) is 2.01. The van der Waals surface area contributed by atoms with Gasteiger partial charge in [-0.3, -0.25) is 4.79 Å². The van der Waals surface area contributed by atoms with Crippen LogP contribution in [0.4, 0.5) is 13.2 Å². The molecule has 0 saturated carbocycles. The van der Waals surface area contributed by atoms with Crippen LogP contribution >= 0.6 is 24.2 Å². The molecule has 0 aliphatic heterocycles. The maximum Gasteiger partial charge on any atom is 0.442 e. The van der Waals surface area contributed by atoms with Gasteiger partial charge in [-0.15, -0.1) is 12.4 Å². The number of halogens is 4. The van der Waals surface area contributed by atoms with Crippen LogP contribution in [0.15, 0.2) is 0 Å². The van der Waals surface area contributed by atoms with Gasteiger partial charge in [0, 0.05) is 26.7 Å². The summed E-state index contributed by atoms with van der Waals surface area (Å²) in [5.41, 5.74) is -4.35. The monoisotopic (exact) mass is 296 g/mol. The molecule has 0 aliphatic rings. The average molecular weight is 297 g/mol. The minimum absolute atomic E-state index is 0. The Balaban J connectivity index is 0. The summed E-state index contributed by atoms with van der Waals surface area (Å²) in [7, 11) is 1.57. The molecule has 0 aromatic rings. The summed E-state index contributed by atoms with van der Waals surface area (Å²) >= 11 is -0.339. The van der Waals surface area contributed by atoms with Crippen LogP contribution in [0.5, 0.6) is 0 Å². The third kappa shape index (κ3) is 15.8. The van der Waals surface area contributed by atoms with E-state index in [1.54, 1.807) is 7.11 Å². The minimum Gasteiger partial charge on any atom is -0.383 e. The largest absolute Gasteiger partial charge is 0.442 e. The van der Waals surface area contributed by atoms with Crippen LogP contribution in [0.2, 0.25) is 0 Å². The van der Waals surface area contributed by atoms with Crippen molar-refractivity contribution in [1.29, 1.82) is 0 Å². The number of carbonyl (C=O) groups is 1. The molecule has 0 bridgehead atoms. The molecule has 0 radical (unpaired) electrons. The van der Waals surface area contributed by atoms with E-state index in [0.717, 1.165) is 0 Å². The molecule has 17 heavy (non-hydrogen) atoms. The van der Waals surface area contributed by atoms with Gasteiger partial charge in [0.05, 0.1) is 12.4 Å². The molecule has 0 aliphatic carbocycles. The lowest BCUT2D eigenvalue weighted by Gasteiger charge is -2.07. The van der Waals surface area contributed by atoms with Crippen molar-refractivity contribution in [1.82, 2.24) is 10.6 Å². The molecule has 2 N–H and O–H groups in total. The number of nitrogens with one attached hydrogen (secondary N) is 2. The highest BCUT2D eigenvalue weighted by molar-refractivity contribution is 8.00. The van der Waals surface area contributed by atoms with E-state index in [-0.39, 0.29) is 24.2 Å². The van der Waals surface area contributed by atoms with Crippen molar-refractivity contribution < 1.29 is 22.7 Å². The number of carbonyl (C=O) groups excluding carboxylic acids is 1. The first kappa shape index (κ1) is 19.2. The van der Waals surface area contributed by atoms with E-state index in [2.05, 4.69) is 10.6 Å². The third-order valence-electron chi connectivity index (χ3n) is 1.47. The van der Waals surface area contributed by atoms with Gasteiger partial charge in [-0.2, -0.15) is 13.2 Å². The fraction of sp³-hybridized carbons (Fsp3) is 0.875. The number of amides is 1. The zero-order chi connectivity index (χ0) is 12.4. The highest BCUT2D eigenvalue weighted by Crippen LogP contribution is 2.29. The van der Waals surface area contributed by atoms with Crippen molar-refractivity contribution in [2.24, 2.45) is 0 Å². The van der Waals surface area contributed by atoms with Crippen LogP contribution in [-0.2, 0) is 9.53 Å². The summed E-state index contributed by atoms with van der Waals surface area (Å²) in [6.07, 6.45) is 0. The Morgan fingerprint density at radius 1 is 1.29 bits per heavy atom. The summed E-state index contributed by atoms with van der Waals surface area (Å²) in [5.74, 6) is -1.21. The SMILES string of the molecule is COCCNCCNC(=O)CSC(F)(F)F.Cl. The molecular formula is C8H16ClF3N2O2S. The molecule has 0 aromatic carbocycles. The van der Waals surface area contributed by atoms with Gasteiger partial charge in [0.25, 0.3) is 0 Å². The van der Waals surface area contributed by atoms with Gasteiger partial charge in [0.1, 0.15) is 0 Å². The Morgan fingerprint density at radius 3 is 2.47 bits per heavy atom. The van der Waals surface area contributed by atoms with E-state index >= 15 is 0 Å². The van der Waals surface area contributed by atoms with Gasteiger partial charge in [0.15, 0.2) is 0 Å². The maximum absolute atomic E-state index is 11.7. The molecule has 0 unspecified atom stereocenters. The maximum atomic E-state index is 11.7. The quantitative estimate of drug-likeness (QED) is 0.657. The normalized spacial score (nSPS) is 10.8. The van der Waals surface area contributed by atoms with Crippen LogP contribution in [-0.4, -0.2) is 50.5 Å². The van der Waals surface area contributed by atoms with Crippen LogP contribution in [0.1, 0.15) is 0 Å². The van der Waals surface area contributed by atoms with Gasteiger partial charge >= 0.3 is 5.51 Å². The molecule has 0 rings (SSSR count). The highest BCUT2D eigenvalue weighted by Gasteiger charge is 2.28. The van der Waals surface area contributed by atoms with Crippen LogP contribution in [0, 0.1) is 0 Å². The van der Waals surface area contributed by atoms with Gasteiger partial charge in [-0.25, -0.2) is 0 Å². The fourth-order valence-electron chi connectivity index (χ4n) is 0.788. The van der Waals surface area contributed by atoms with Crippen molar-refractivity contribution in [3.63, 3.8) is 0 Å². The summed E-state index contributed by atoms with van der Waals surface area (Å²) < 4.78 is 39.9. The van der Waals surface area contributed by atoms with Gasteiger partial charge < -0.3 is 15.4 Å². The molecule has 4 nitrogen and oxygen atoms in total.